The summed E-state index contributed by atoms with van der Waals surface area (Å²) >= 11 is 6.38. The van der Waals surface area contributed by atoms with Gasteiger partial charge in [-0.2, -0.15) is 0 Å². The van der Waals surface area contributed by atoms with Gasteiger partial charge in [-0.3, -0.25) is 4.79 Å². The summed E-state index contributed by atoms with van der Waals surface area (Å²) in [6, 6.07) is 5.44. The molecular formula is C18H18ClFN2O. The van der Waals surface area contributed by atoms with Crippen LogP contribution in [-0.4, -0.2) is 21.0 Å². The molecule has 120 valence electrons. The van der Waals surface area contributed by atoms with Gasteiger partial charge < -0.3 is 4.57 Å². The van der Waals surface area contributed by atoms with Gasteiger partial charge in [0.1, 0.15) is 0 Å². The number of Topliss-reactive ketones (excluding diaryl/α,β-unsaturated/α-hetero) is 1. The molecule has 0 saturated heterocycles. The maximum Gasteiger partial charge on any atom is 0.172 e. The molecule has 1 unspecified atom stereocenters. The minimum absolute atomic E-state index is 0.136. The highest BCUT2D eigenvalue weighted by Crippen LogP contribution is 2.46. The average Bonchev–Trinajstić information content (AvgIpc) is 3.12. The third-order valence-electron chi connectivity index (χ3n) is 5.19. The van der Waals surface area contributed by atoms with Crippen molar-refractivity contribution in [2.45, 2.75) is 50.2 Å². The molecule has 3 nitrogen and oxygen atoms in total. The van der Waals surface area contributed by atoms with Crippen molar-refractivity contribution in [3.05, 3.63) is 41.3 Å². The fraction of sp³-hybridized carbons (Fsp3) is 0.444. The number of hydrogen-bond acceptors (Lipinski definition) is 2. The zero-order valence-electron chi connectivity index (χ0n) is 12.8. The van der Waals surface area contributed by atoms with Crippen molar-refractivity contribution >= 4 is 17.4 Å². The van der Waals surface area contributed by atoms with Crippen LogP contribution >= 0.6 is 11.6 Å². The Kier molecular flexibility index (Phi) is 3.52. The summed E-state index contributed by atoms with van der Waals surface area (Å²) in [6.45, 7) is 0. The minimum Gasteiger partial charge on any atom is -0.322 e. The molecule has 2 heterocycles. The maximum absolute atomic E-state index is 15.0. The van der Waals surface area contributed by atoms with Crippen LogP contribution in [0.15, 0.2) is 30.7 Å². The number of ketones is 1. The summed E-state index contributed by atoms with van der Waals surface area (Å²) in [4.78, 5) is 16.9. The van der Waals surface area contributed by atoms with E-state index >= 15 is 0 Å². The molecule has 1 atom stereocenters. The van der Waals surface area contributed by atoms with Crippen LogP contribution in [0.3, 0.4) is 0 Å². The van der Waals surface area contributed by atoms with Crippen molar-refractivity contribution in [1.29, 1.82) is 0 Å². The molecule has 1 aromatic heterocycles. The molecule has 4 rings (SSSR count). The first-order valence-electron chi connectivity index (χ1n) is 8.13. The molecule has 23 heavy (non-hydrogen) atoms. The van der Waals surface area contributed by atoms with Crippen molar-refractivity contribution in [3.8, 4) is 11.3 Å². The maximum atomic E-state index is 15.0. The van der Waals surface area contributed by atoms with Gasteiger partial charge in [-0.1, -0.05) is 30.2 Å². The summed E-state index contributed by atoms with van der Waals surface area (Å²) in [5, 5.41) is 0.626. The highest BCUT2D eigenvalue weighted by atomic mass is 35.5. The molecular weight excluding hydrogens is 315 g/mol. The topological polar surface area (TPSA) is 34.9 Å². The molecule has 1 aliphatic carbocycles. The smallest absolute Gasteiger partial charge is 0.172 e. The fourth-order valence-corrected chi connectivity index (χ4v) is 4.25. The molecule has 0 N–H and O–H groups in total. The molecule has 2 aliphatic rings. The van der Waals surface area contributed by atoms with E-state index in [2.05, 4.69) is 4.98 Å². The monoisotopic (exact) mass is 332 g/mol. The number of carbonyl (C=O) groups is 1. The van der Waals surface area contributed by atoms with E-state index in [1.807, 2.05) is 22.8 Å². The van der Waals surface area contributed by atoms with E-state index in [9.17, 15) is 9.18 Å². The predicted molar refractivity (Wildman–Crippen MR) is 87.4 cm³/mol. The SMILES string of the molecule is O=C(CC1c2c(Cl)cccc2-c2cncn21)C1(F)CCCCC1. The van der Waals surface area contributed by atoms with Crippen LogP contribution in [0.2, 0.25) is 5.02 Å². The third-order valence-corrected chi connectivity index (χ3v) is 5.52. The molecule has 0 bridgehead atoms. The number of rotatable bonds is 3. The van der Waals surface area contributed by atoms with E-state index in [1.165, 1.54) is 0 Å². The summed E-state index contributed by atoms with van der Waals surface area (Å²) < 4.78 is 16.9. The first-order valence-corrected chi connectivity index (χ1v) is 8.51. The van der Waals surface area contributed by atoms with Crippen molar-refractivity contribution in [2.24, 2.45) is 0 Å². The van der Waals surface area contributed by atoms with Crippen LogP contribution in [0.4, 0.5) is 4.39 Å². The van der Waals surface area contributed by atoms with Crippen LogP contribution in [0.25, 0.3) is 11.3 Å². The zero-order chi connectivity index (χ0) is 16.0. The largest absolute Gasteiger partial charge is 0.322 e. The van der Waals surface area contributed by atoms with Gasteiger partial charge in [-0.15, -0.1) is 0 Å². The number of nitrogens with zero attached hydrogens (tertiary/aromatic N) is 2. The highest BCUT2D eigenvalue weighted by Gasteiger charge is 2.42. The Labute approximate surface area is 139 Å². The van der Waals surface area contributed by atoms with Gasteiger partial charge >= 0.3 is 0 Å². The van der Waals surface area contributed by atoms with Crippen molar-refractivity contribution in [3.63, 3.8) is 0 Å². The first-order chi connectivity index (χ1) is 11.1. The molecule has 0 spiro atoms. The first kappa shape index (κ1) is 14.9. The highest BCUT2D eigenvalue weighted by molar-refractivity contribution is 6.32. The predicted octanol–water partition coefficient (Wildman–Crippen LogP) is 4.74. The minimum atomic E-state index is -1.66. The number of fused-ring (bicyclic) bond motifs is 3. The van der Waals surface area contributed by atoms with E-state index in [0.29, 0.717) is 17.9 Å². The van der Waals surface area contributed by atoms with Crippen molar-refractivity contribution < 1.29 is 9.18 Å². The lowest BCUT2D eigenvalue weighted by molar-refractivity contribution is -0.133. The fourth-order valence-electron chi connectivity index (χ4n) is 3.95. The average molecular weight is 333 g/mol. The zero-order valence-corrected chi connectivity index (χ0v) is 13.5. The van der Waals surface area contributed by atoms with E-state index in [-0.39, 0.29) is 18.2 Å². The molecule has 1 aliphatic heterocycles. The Morgan fingerprint density at radius 1 is 1.35 bits per heavy atom. The van der Waals surface area contributed by atoms with Crippen molar-refractivity contribution in [2.75, 3.05) is 0 Å². The van der Waals surface area contributed by atoms with Crippen LogP contribution in [0.1, 0.15) is 50.1 Å². The molecule has 5 heteroatoms. The lowest BCUT2D eigenvalue weighted by Crippen LogP contribution is -2.37. The quantitative estimate of drug-likeness (QED) is 0.813. The third kappa shape index (κ3) is 2.31. The normalized spacial score (nSPS) is 21.7. The van der Waals surface area contributed by atoms with E-state index in [4.69, 9.17) is 11.6 Å². The number of aromatic nitrogens is 2. The van der Waals surface area contributed by atoms with Gasteiger partial charge in [0, 0.05) is 22.6 Å². The summed E-state index contributed by atoms with van der Waals surface area (Å²) in [5.41, 5.74) is 1.18. The van der Waals surface area contributed by atoms with Crippen molar-refractivity contribution in [1.82, 2.24) is 9.55 Å². The van der Waals surface area contributed by atoms with Gasteiger partial charge in [0.2, 0.25) is 0 Å². The Morgan fingerprint density at radius 3 is 2.91 bits per heavy atom. The van der Waals surface area contributed by atoms with E-state index in [0.717, 1.165) is 36.1 Å². The second-order valence-corrected chi connectivity index (χ2v) is 6.96. The molecule has 1 saturated carbocycles. The molecule has 0 amide bonds. The van der Waals surface area contributed by atoms with Gasteiger partial charge in [0.15, 0.2) is 11.5 Å². The van der Waals surface area contributed by atoms with Crippen LogP contribution in [-0.2, 0) is 4.79 Å². The number of alkyl halides is 1. The van der Waals surface area contributed by atoms with Gasteiger partial charge in [0.05, 0.1) is 24.3 Å². The Bertz CT molecular complexity index is 764. The van der Waals surface area contributed by atoms with E-state index in [1.54, 1.807) is 12.5 Å². The van der Waals surface area contributed by atoms with Crippen LogP contribution in [0, 0.1) is 0 Å². The number of benzene rings is 1. The van der Waals surface area contributed by atoms with Gasteiger partial charge in [0.25, 0.3) is 0 Å². The standard InChI is InChI=1S/C18H18ClFN2O/c19-13-6-4-5-12-15-10-21-11-22(15)14(17(12)13)9-16(23)18(20)7-2-1-3-8-18/h4-6,10-11,14H,1-3,7-9H2. The number of imidazole rings is 1. The lowest BCUT2D eigenvalue weighted by atomic mass is 9.81. The molecule has 1 fully saturated rings. The second-order valence-electron chi connectivity index (χ2n) is 6.56. The Morgan fingerprint density at radius 2 is 2.13 bits per heavy atom. The van der Waals surface area contributed by atoms with Gasteiger partial charge in [-0.05, 0) is 31.7 Å². The Balaban J connectivity index is 1.69. The Hall–Kier alpha value is -1.68. The van der Waals surface area contributed by atoms with E-state index < -0.39 is 5.67 Å². The summed E-state index contributed by atoms with van der Waals surface area (Å²) in [6.07, 6.45) is 6.91. The van der Waals surface area contributed by atoms with Gasteiger partial charge in [-0.25, -0.2) is 9.37 Å². The summed E-state index contributed by atoms with van der Waals surface area (Å²) in [7, 11) is 0. The lowest BCUT2D eigenvalue weighted by Gasteiger charge is -2.29. The molecule has 1 aromatic carbocycles. The van der Waals surface area contributed by atoms with Crippen LogP contribution in [0.5, 0.6) is 0 Å². The number of carbonyl (C=O) groups excluding carboxylic acids is 1. The summed E-state index contributed by atoms with van der Waals surface area (Å²) in [5.74, 6) is -0.297. The number of hydrogen-bond donors (Lipinski definition) is 0. The molecule has 2 aromatic rings. The number of halogens is 2. The molecule has 0 radical (unpaired) electrons. The second kappa shape index (κ2) is 5.45. The van der Waals surface area contributed by atoms with Crippen LogP contribution < -0.4 is 0 Å².